The average molecular weight is 472 g/mol. The molecule has 1 unspecified atom stereocenters. The number of benzene rings is 2. The van der Waals surface area contributed by atoms with Gasteiger partial charge in [0.2, 0.25) is 11.7 Å². The van der Waals surface area contributed by atoms with Gasteiger partial charge >= 0.3 is 5.69 Å². The van der Waals surface area contributed by atoms with Crippen LogP contribution in [0.5, 0.6) is 11.5 Å². The number of ether oxygens (including phenoxy) is 2. The molecule has 0 spiro atoms. The van der Waals surface area contributed by atoms with E-state index in [1.54, 1.807) is 0 Å². The van der Waals surface area contributed by atoms with Crippen LogP contribution >= 0.6 is 0 Å². The zero-order valence-electron chi connectivity index (χ0n) is 20.6. The maximum absolute atomic E-state index is 13.3. The van der Waals surface area contributed by atoms with Gasteiger partial charge in [-0.25, -0.2) is 0 Å². The zero-order chi connectivity index (χ0) is 25.5. The Kier molecular flexibility index (Phi) is 9.00. The Morgan fingerprint density at radius 3 is 2.41 bits per heavy atom. The van der Waals surface area contributed by atoms with E-state index in [9.17, 15) is 19.7 Å². The summed E-state index contributed by atoms with van der Waals surface area (Å²) in [4.78, 5) is 38.4. The maximum Gasteiger partial charge on any atom is 0.311 e. The third-order valence-corrected chi connectivity index (χ3v) is 5.20. The quantitative estimate of drug-likeness (QED) is 0.414. The molecule has 9 nitrogen and oxygen atoms in total. The lowest BCUT2D eigenvalue weighted by molar-refractivity contribution is -0.385. The second kappa shape index (κ2) is 11.5. The lowest BCUT2D eigenvalue weighted by atomic mass is 10.0. The van der Waals surface area contributed by atoms with E-state index in [-0.39, 0.29) is 42.2 Å². The van der Waals surface area contributed by atoms with Crippen LogP contribution in [0.15, 0.2) is 42.5 Å². The molecule has 9 heteroatoms. The number of hydrogen-bond acceptors (Lipinski definition) is 6. The molecule has 2 amide bonds. The van der Waals surface area contributed by atoms with E-state index in [1.165, 1.54) is 30.2 Å². The molecule has 0 saturated carbocycles. The van der Waals surface area contributed by atoms with Crippen LogP contribution in [0.4, 0.5) is 5.69 Å². The fraction of sp³-hybridized carbons (Fsp3) is 0.440. The molecule has 0 fully saturated rings. The minimum atomic E-state index is -0.693. The Morgan fingerprint density at radius 2 is 1.85 bits per heavy atom. The van der Waals surface area contributed by atoms with Crippen LogP contribution in [0.25, 0.3) is 0 Å². The van der Waals surface area contributed by atoms with Crippen molar-refractivity contribution in [1.29, 1.82) is 0 Å². The first kappa shape index (κ1) is 26.6. The Balaban J connectivity index is 2.28. The summed E-state index contributed by atoms with van der Waals surface area (Å²) in [6, 6.07) is 11.0. The highest BCUT2D eigenvalue weighted by atomic mass is 16.6. The van der Waals surface area contributed by atoms with Gasteiger partial charge in [0.1, 0.15) is 11.8 Å². The van der Waals surface area contributed by atoms with Crippen LogP contribution in [0.3, 0.4) is 0 Å². The molecule has 0 heterocycles. The molecule has 0 aliphatic heterocycles. The van der Waals surface area contributed by atoms with Crippen molar-refractivity contribution in [3.63, 3.8) is 0 Å². The van der Waals surface area contributed by atoms with E-state index in [2.05, 4.69) is 5.32 Å². The number of hydrogen-bond donors (Lipinski definition) is 1. The summed E-state index contributed by atoms with van der Waals surface area (Å²) < 4.78 is 10.7. The lowest BCUT2D eigenvalue weighted by Crippen LogP contribution is -2.54. The minimum absolute atomic E-state index is 0.0303. The first-order chi connectivity index (χ1) is 16.0. The summed E-state index contributed by atoms with van der Waals surface area (Å²) in [6.07, 6.45) is 0.422. The number of amides is 2. The van der Waals surface area contributed by atoms with Crippen LogP contribution in [0.1, 0.15) is 45.2 Å². The lowest BCUT2D eigenvalue weighted by Gasteiger charge is -2.33. The van der Waals surface area contributed by atoms with E-state index in [0.717, 1.165) is 11.1 Å². The second-order valence-corrected chi connectivity index (χ2v) is 8.99. The number of aryl methyl sites for hydroxylation is 1. The molecule has 0 aliphatic carbocycles. The molecule has 0 bridgehead atoms. The Bertz CT molecular complexity index is 1030. The van der Waals surface area contributed by atoms with E-state index in [1.807, 2.05) is 58.9 Å². The van der Waals surface area contributed by atoms with Crippen molar-refractivity contribution in [3.8, 4) is 11.5 Å². The van der Waals surface area contributed by atoms with Gasteiger partial charge in [-0.2, -0.15) is 0 Å². The van der Waals surface area contributed by atoms with E-state index in [4.69, 9.17) is 9.47 Å². The molecule has 1 atom stereocenters. The Morgan fingerprint density at radius 1 is 1.18 bits per heavy atom. The van der Waals surface area contributed by atoms with Gasteiger partial charge < -0.3 is 19.7 Å². The predicted molar refractivity (Wildman–Crippen MR) is 129 cm³/mol. The van der Waals surface area contributed by atoms with Crippen molar-refractivity contribution < 1.29 is 24.0 Å². The number of nitrogens with one attached hydrogen (secondary N) is 1. The number of methoxy groups -OCH3 is 1. The number of carbonyl (C=O) groups is 2. The predicted octanol–water partition coefficient (Wildman–Crippen LogP) is 4.01. The highest BCUT2D eigenvalue weighted by Crippen LogP contribution is 2.30. The van der Waals surface area contributed by atoms with Gasteiger partial charge in [-0.3, -0.25) is 19.7 Å². The van der Waals surface area contributed by atoms with Crippen LogP contribution in [0, 0.1) is 17.0 Å². The van der Waals surface area contributed by atoms with Crippen molar-refractivity contribution in [2.75, 3.05) is 13.7 Å². The van der Waals surface area contributed by atoms with Crippen LogP contribution in [-0.4, -0.2) is 46.9 Å². The molecule has 1 N–H and O–H groups in total. The van der Waals surface area contributed by atoms with Crippen molar-refractivity contribution in [3.05, 3.63) is 63.7 Å². The van der Waals surface area contributed by atoms with Gasteiger partial charge in [0.05, 0.1) is 12.0 Å². The van der Waals surface area contributed by atoms with E-state index >= 15 is 0 Å². The smallest absolute Gasteiger partial charge is 0.311 e. The largest absolute Gasteiger partial charge is 0.490 e. The number of nitro groups is 1. The van der Waals surface area contributed by atoms with Gasteiger partial charge in [-0.1, -0.05) is 31.2 Å². The topological polar surface area (TPSA) is 111 Å². The number of carbonyl (C=O) groups excluding carboxylic acids is 2. The van der Waals surface area contributed by atoms with Gasteiger partial charge in [0.25, 0.3) is 5.91 Å². The maximum atomic E-state index is 13.3. The summed E-state index contributed by atoms with van der Waals surface area (Å²) in [7, 11) is 1.32. The van der Waals surface area contributed by atoms with Crippen LogP contribution in [-0.2, 0) is 16.1 Å². The van der Waals surface area contributed by atoms with E-state index in [0.29, 0.717) is 6.42 Å². The minimum Gasteiger partial charge on any atom is -0.490 e. The molecule has 184 valence electrons. The summed E-state index contributed by atoms with van der Waals surface area (Å²) in [5, 5.41) is 14.1. The first-order valence-corrected chi connectivity index (χ1v) is 11.1. The number of nitro benzene ring substituents is 1. The van der Waals surface area contributed by atoms with Gasteiger partial charge in [-0.15, -0.1) is 0 Å². The molecule has 0 aliphatic rings. The second-order valence-electron chi connectivity index (χ2n) is 8.99. The fourth-order valence-electron chi connectivity index (χ4n) is 3.47. The first-order valence-electron chi connectivity index (χ1n) is 11.1. The standard InChI is InChI=1S/C25H33N3O6/c1-7-20(24(30)26-25(3,4)5)27(15-18-11-9-8-10-17(18)2)23(29)16-34-19-12-13-21(28(31)32)22(14-19)33-6/h8-14,20H,7,15-16H2,1-6H3,(H,26,30). The van der Waals surface area contributed by atoms with Crippen LogP contribution in [0.2, 0.25) is 0 Å². The van der Waals surface area contributed by atoms with Crippen molar-refractivity contribution in [2.45, 2.75) is 59.2 Å². The summed E-state index contributed by atoms with van der Waals surface area (Å²) >= 11 is 0. The third-order valence-electron chi connectivity index (χ3n) is 5.20. The van der Waals surface area contributed by atoms with E-state index < -0.39 is 16.5 Å². The fourth-order valence-corrected chi connectivity index (χ4v) is 3.47. The van der Waals surface area contributed by atoms with Crippen molar-refractivity contribution in [2.24, 2.45) is 0 Å². The molecule has 34 heavy (non-hydrogen) atoms. The summed E-state index contributed by atoms with van der Waals surface area (Å²) in [5.41, 5.74) is 1.28. The normalized spacial score (nSPS) is 11.9. The third kappa shape index (κ3) is 7.19. The van der Waals surface area contributed by atoms with Gasteiger partial charge in [0.15, 0.2) is 6.61 Å². The molecule has 0 saturated heterocycles. The van der Waals surface area contributed by atoms with Crippen molar-refractivity contribution in [1.82, 2.24) is 10.2 Å². The molecule has 0 aromatic heterocycles. The molecular weight excluding hydrogens is 438 g/mol. The molecule has 0 radical (unpaired) electrons. The SMILES string of the molecule is CCC(C(=O)NC(C)(C)C)N(Cc1ccccc1C)C(=O)COc1ccc([N+](=O)[O-])c(OC)c1. The Hall–Kier alpha value is -3.62. The van der Waals surface area contributed by atoms with Gasteiger partial charge in [0, 0.05) is 24.2 Å². The summed E-state index contributed by atoms with van der Waals surface area (Å²) in [6.45, 7) is 9.37. The average Bonchev–Trinajstić information content (AvgIpc) is 2.77. The molecule has 2 aromatic rings. The highest BCUT2D eigenvalue weighted by molar-refractivity contribution is 5.88. The zero-order valence-corrected chi connectivity index (χ0v) is 20.6. The monoisotopic (exact) mass is 471 g/mol. The highest BCUT2D eigenvalue weighted by Gasteiger charge is 2.31. The van der Waals surface area contributed by atoms with Gasteiger partial charge in [-0.05, 0) is 51.3 Å². The molecular formula is C25H33N3O6. The van der Waals surface area contributed by atoms with Crippen LogP contribution < -0.4 is 14.8 Å². The Labute approximate surface area is 200 Å². The molecule has 2 rings (SSSR count). The number of rotatable bonds is 10. The summed E-state index contributed by atoms with van der Waals surface area (Å²) in [5.74, 6) is -0.341. The van der Waals surface area contributed by atoms with Crippen molar-refractivity contribution >= 4 is 17.5 Å². The number of nitrogens with zero attached hydrogens (tertiary/aromatic N) is 2. The molecule has 2 aromatic carbocycles.